The van der Waals surface area contributed by atoms with Gasteiger partial charge in [0, 0.05) is 27.1 Å². The van der Waals surface area contributed by atoms with Crippen LogP contribution >= 0.6 is 0 Å². The molecule has 0 N–H and O–H groups in total. The topological polar surface area (TPSA) is 26.3 Å². The molecule has 2 nitrogen and oxygen atoms in total. The highest BCUT2D eigenvalue weighted by molar-refractivity contribution is 6.28. The van der Waals surface area contributed by atoms with Crippen LogP contribution in [0.5, 0.6) is 0 Å². The molecule has 19 rings (SSSR count). The number of fused-ring (bicyclic) bond motifs is 12. The summed E-state index contributed by atoms with van der Waals surface area (Å²) in [7, 11) is 0. The van der Waals surface area contributed by atoms with E-state index in [-0.39, 0.29) is 59.5 Å². The van der Waals surface area contributed by atoms with Crippen molar-refractivity contribution in [3.8, 4) is 77.9 Å². The van der Waals surface area contributed by atoms with Crippen LogP contribution in [0.3, 0.4) is 0 Å². The molecule has 2 aromatic heterocycles. The van der Waals surface area contributed by atoms with Gasteiger partial charge in [0.2, 0.25) is 0 Å². The fourth-order valence-corrected chi connectivity index (χ4v) is 14.6. The molecule has 0 spiro atoms. The van der Waals surface area contributed by atoms with Crippen molar-refractivity contribution in [2.24, 2.45) is 0 Å². The summed E-state index contributed by atoms with van der Waals surface area (Å²) in [5, 5.41) is 15.7. The first-order valence-corrected chi connectivity index (χ1v) is 30.8. The molecule has 0 saturated carbocycles. The summed E-state index contributed by atoms with van der Waals surface area (Å²) < 4.78 is 98.6. The van der Waals surface area contributed by atoms with Crippen molar-refractivity contribution < 1.29 is 22.5 Å². The maximum atomic E-state index is 8.95. The van der Waals surface area contributed by atoms with Gasteiger partial charge < -0.3 is 8.83 Å². The highest BCUT2D eigenvalue weighted by Gasteiger charge is 2.25. The van der Waals surface area contributed by atoms with Crippen LogP contribution in [0.2, 0.25) is 0 Å². The van der Waals surface area contributed by atoms with E-state index in [1.807, 2.05) is 121 Å². The number of para-hydroxylation sites is 2. The van der Waals surface area contributed by atoms with E-state index < -0.39 is 12.1 Å². The van der Waals surface area contributed by atoms with E-state index in [4.69, 9.17) is 22.5 Å². The Kier molecular flexibility index (Phi) is 10.4. The monoisotopic (exact) mass is 1180 g/mol. The molecule has 428 valence electrons. The van der Waals surface area contributed by atoms with Crippen LogP contribution in [0, 0.1) is 0 Å². The Hall–Kier alpha value is -12.1. The molecule has 0 radical (unpaired) electrons. The predicted octanol–water partition coefficient (Wildman–Crippen LogP) is 25.8. The summed E-state index contributed by atoms with van der Waals surface area (Å²) >= 11 is 0. The van der Waals surface area contributed by atoms with Gasteiger partial charge in [-0.3, -0.25) is 0 Å². The zero-order chi connectivity index (χ0) is 69.3. The fourth-order valence-electron chi connectivity index (χ4n) is 14.6. The Labute approximate surface area is 545 Å². The lowest BCUT2D eigenvalue weighted by Crippen LogP contribution is -1.93. The lowest BCUT2D eigenvalue weighted by Gasteiger charge is -2.20. The minimum absolute atomic E-state index is 0.203. The Bertz CT molecular complexity index is 6600. The molecule has 0 unspecified atom stereocenters. The van der Waals surface area contributed by atoms with Gasteiger partial charge in [-0.15, -0.1) is 0 Å². The zero-order valence-corrected chi connectivity index (χ0v) is 49.4. The molecule has 0 aliphatic rings. The van der Waals surface area contributed by atoms with Crippen molar-refractivity contribution in [1.82, 2.24) is 0 Å². The molecule has 0 aliphatic carbocycles. The second-order valence-corrected chi connectivity index (χ2v) is 23.2. The van der Waals surface area contributed by atoms with Gasteiger partial charge in [-0.25, -0.2) is 0 Å². The molecule has 0 saturated heterocycles. The highest BCUT2D eigenvalue weighted by atomic mass is 16.3. The summed E-state index contributed by atoms with van der Waals surface area (Å²) in [4.78, 5) is 0. The van der Waals surface area contributed by atoms with Crippen molar-refractivity contribution in [3.63, 3.8) is 0 Å². The van der Waals surface area contributed by atoms with Gasteiger partial charge in [0.05, 0.1) is 13.7 Å². The number of hydrogen-bond acceptors (Lipinski definition) is 2. The third kappa shape index (κ3) is 8.49. The number of furan rings is 2. The number of hydrogen-bond donors (Lipinski definition) is 0. The first kappa shape index (κ1) is 43.5. The molecule has 0 atom stereocenters. The minimum Gasteiger partial charge on any atom is -0.456 e. The summed E-state index contributed by atoms with van der Waals surface area (Å²) in [5.41, 5.74) is 15.9. The predicted molar refractivity (Wildman–Crippen MR) is 391 cm³/mol. The van der Waals surface area contributed by atoms with Crippen molar-refractivity contribution in [1.29, 1.82) is 0 Å². The SMILES string of the molecule is [2H]c1c([2H])c([2H])c(-c2c3ccccc3c(-c3ccc(-c4c(-c5ccccc5)ccc5oc6ccccc6c45)c4ccccc34)c3ccccc23)c([2H])c1[2H].[2H]c1c([2H])c([2H])c(-c2c3ccccc3c(-c3ccc(-c4cccc5oc6ccccc6c45)c4ccccc34)c3ccccc23)c([2H])c1[2H]. The van der Waals surface area contributed by atoms with Gasteiger partial charge in [-0.1, -0.05) is 315 Å². The molecular weight excluding hydrogens is 1110 g/mol. The summed E-state index contributed by atoms with van der Waals surface area (Å²) in [5.74, 6) is 0. The van der Waals surface area contributed by atoms with E-state index in [0.29, 0.717) is 11.1 Å². The lowest BCUT2D eigenvalue weighted by atomic mass is 9.82. The van der Waals surface area contributed by atoms with E-state index in [9.17, 15) is 0 Å². The third-order valence-corrected chi connectivity index (χ3v) is 18.3. The van der Waals surface area contributed by atoms with Crippen LogP contribution < -0.4 is 0 Å². The highest BCUT2D eigenvalue weighted by Crippen LogP contribution is 2.51. The van der Waals surface area contributed by atoms with Crippen LogP contribution in [0.15, 0.2) is 348 Å². The molecule has 0 amide bonds. The Morgan fingerprint density at radius 3 is 0.935 bits per heavy atom. The van der Waals surface area contributed by atoms with Crippen molar-refractivity contribution in [2.75, 3.05) is 0 Å². The van der Waals surface area contributed by atoms with E-state index >= 15 is 0 Å². The minimum atomic E-state index is -0.403. The molecule has 2 heterocycles. The van der Waals surface area contributed by atoms with Crippen LogP contribution in [0.25, 0.3) is 186 Å². The van der Waals surface area contributed by atoms with Gasteiger partial charge in [0.25, 0.3) is 0 Å². The smallest absolute Gasteiger partial charge is 0.136 e. The normalized spacial score (nSPS) is 13.2. The van der Waals surface area contributed by atoms with Gasteiger partial charge in [-0.2, -0.15) is 0 Å². The summed E-state index contributed by atoms with van der Waals surface area (Å²) in [6.07, 6.45) is 0. The number of benzene rings is 17. The molecule has 19 aromatic rings. The third-order valence-electron chi connectivity index (χ3n) is 18.3. The summed E-state index contributed by atoms with van der Waals surface area (Å²) in [6.45, 7) is 0. The van der Waals surface area contributed by atoms with Gasteiger partial charge in [0.1, 0.15) is 22.3 Å². The van der Waals surface area contributed by atoms with Gasteiger partial charge >= 0.3 is 0 Å². The van der Waals surface area contributed by atoms with Crippen LogP contribution in [0.4, 0.5) is 0 Å². The second-order valence-electron chi connectivity index (χ2n) is 23.2. The van der Waals surface area contributed by atoms with E-state index in [2.05, 4.69) is 158 Å². The molecule has 0 bridgehead atoms. The van der Waals surface area contributed by atoms with E-state index in [1.54, 1.807) is 0 Å². The average Bonchev–Trinajstić information content (AvgIpc) is 0.971. The molecule has 2 heteroatoms. The van der Waals surface area contributed by atoms with Crippen molar-refractivity contribution in [3.05, 3.63) is 339 Å². The first-order chi connectivity index (χ1) is 49.9. The van der Waals surface area contributed by atoms with Gasteiger partial charge in [-0.05, 0) is 161 Å². The maximum absolute atomic E-state index is 8.95. The first-order valence-electron chi connectivity index (χ1n) is 35.8. The standard InChI is InChI=1S/C48H30O.C42H26O/c1-3-15-31(16-4-1)33-29-30-44-48(42-25-13-14-26-43(42)49-44)47(33)41-28-27-40(34-19-7-8-20-35(34)41)46-38-23-11-9-21-36(38)45(32-17-5-2-6-18-32)37-22-10-12-24-39(37)46;1-2-13-27(14-3-1)40-32-17-6-8-19-34(32)41(35-20-9-7-18-33(35)40)36-26-25-30(28-15-4-5-16-29(28)36)31-22-12-24-39-42(31)37-21-10-11-23-38(37)43-39/h1-30H;1-26H/i2D,5D,6D,17D,18D;1D,2D,3D,13D,14D. The number of rotatable bonds is 7. The van der Waals surface area contributed by atoms with Crippen LogP contribution in [-0.2, 0) is 0 Å². The quantitative estimate of drug-likeness (QED) is 0.149. The Morgan fingerprint density at radius 1 is 0.174 bits per heavy atom. The van der Waals surface area contributed by atoms with Crippen LogP contribution in [-0.4, -0.2) is 0 Å². The lowest BCUT2D eigenvalue weighted by molar-refractivity contribution is 0.668. The molecular formula is C90H56O2. The zero-order valence-electron chi connectivity index (χ0n) is 59.4. The largest absolute Gasteiger partial charge is 0.456 e. The maximum Gasteiger partial charge on any atom is 0.136 e. The Morgan fingerprint density at radius 2 is 0.489 bits per heavy atom. The van der Waals surface area contributed by atoms with E-state index in [1.165, 1.54) is 0 Å². The average molecular weight is 1180 g/mol. The fraction of sp³-hybridized carbons (Fsp3) is 0. The molecule has 0 aliphatic heterocycles. The van der Waals surface area contributed by atoms with Gasteiger partial charge in [0.15, 0.2) is 0 Å². The molecule has 92 heavy (non-hydrogen) atoms. The molecule has 17 aromatic carbocycles. The molecule has 0 fully saturated rings. The van der Waals surface area contributed by atoms with Crippen LogP contribution in [0.1, 0.15) is 13.7 Å². The Balaban J connectivity index is 0.000000147. The van der Waals surface area contributed by atoms with Crippen molar-refractivity contribution >= 4 is 109 Å². The van der Waals surface area contributed by atoms with Crippen molar-refractivity contribution in [2.45, 2.75) is 0 Å². The van der Waals surface area contributed by atoms with E-state index in [0.717, 1.165) is 164 Å². The second kappa shape index (κ2) is 21.9. The summed E-state index contributed by atoms with van der Waals surface area (Å²) in [6, 6.07) is 92.1.